The van der Waals surface area contributed by atoms with Gasteiger partial charge >= 0.3 is 0 Å². The Morgan fingerprint density at radius 2 is 1.79 bits per heavy atom. The van der Waals surface area contributed by atoms with Gasteiger partial charge in [-0.15, -0.1) is 0 Å². The smallest absolute Gasteiger partial charge is 0.0331 e. The summed E-state index contributed by atoms with van der Waals surface area (Å²) in [6.07, 6.45) is 9.39. The summed E-state index contributed by atoms with van der Waals surface area (Å²) >= 11 is 0. The molecule has 112 valence electrons. The number of hydrogen-bond acceptors (Lipinski definition) is 3. The molecule has 2 fully saturated rings. The van der Waals surface area contributed by atoms with Crippen molar-refractivity contribution in [1.82, 2.24) is 9.80 Å². The average Bonchev–Trinajstić information content (AvgIpc) is 2.61. The zero-order chi connectivity index (χ0) is 13.9. The number of rotatable bonds is 3. The Morgan fingerprint density at radius 1 is 1.11 bits per heavy atom. The molecule has 1 saturated heterocycles. The summed E-state index contributed by atoms with van der Waals surface area (Å²) in [6, 6.07) is 0.774. The molecule has 2 rings (SSSR count). The molecule has 19 heavy (non-hydrogen) atoms. The Bertz CT molecular complexity index is 271. The van der Waals surface area contributed by atoms with Crippen LogP contribution < -0.4 is 5.73 Å². The second-order valence-corrected chi connectivity index (χ2v) is 7.15. The molecule has 0 amide bonds. The van der Waals surface area contributed by atoms with E-state index in [-0.39, 0.29) is 0 Å². The summed E-state index contributed by atoms with van der Waals surface area (Å²) in [4.78, 5) is 5.13. The van der Waals surface area contributed by atoms with Crippen molar-refractivity contribution in [3.63, 3.8) is 0 Å². The van der Waals surface area contributed by atoms with E-state index in [0.717, 1.165) is 18.5 Å². The van der Waals surface area contributed by atoms with Gasteiger partial charge in [0.25, 0.3) is 0 Å². The van der Waals surface area contributed by atoms with E-state index in [1.54, 1.807) is 0 Å². The SMILES string of the molecule is CC1CCCC(CN)(N2CCC(N(C)C)CC2)CC1. The van der Waals surface area contributed by atoms with Crippen LogP contribution in [-0.2, 0) is 0 Å². The fourth-order valence-electron chi connectivity index (χ4n) is 4.07. The number of likely N-dealkylation sites (tertiary alicyclic amines) is 1. The van der Waals surface area contributed by atoms with Crippen LogP contribution in [-0.4, -0.2) is 55.1 Å². The van der Waals surface area contributed by atoms with Crippen LogP contribution in [0.2, 0.25) is 0 Å². The van der Waals surface area contributed by atoms with Gasteiger partial charge in [-0.3, -0.25) is 4.90 Å². The quantitative estimate of drug-likeness (QED) is 0.797. The van der Waals surface area contributed by atoms with E-state index in [1.807, 2.05) is 0 Å². The van der Waals surface area contributed by atoms with Crippen molar-refractivity contribution >= 4 is 0 Å². The molecule has 3 nitrogen and oxygen atoms in total. The lowest BCUT2D eigenvalue weighted by Gasteiger charge is -2.47. The molecule has 2 atom stereocenters. The van der Waals surface area contributed by atoms with Gasteiger partial charge in [0, 0.05) is 31.2 Å². The van der Waals surface area contributed by atoms with Crippen LogP contribution in [0.25, 0.3) is 0 Å². The fourth-order valence-corrected chi connectivity index (χ4v) is 4.07. The van der Waals surface area contributed by atoms with E-state index in [4.69, 9.17) is 5.73 Å². The van der Waals surface area contributed by atoms with E-state index in [9.17, 15) is 0 Å². The molecule has 0 radical (unpaired) electrons. The Hall–Kier alpha value is -0.120. The third-order valence-electron chi connectivity index (χ3n) is 5.69. The van der Waals surface area contributed by atoms with Gasteiger partial charge in [-0.05, 0) is 52.1 Å². The second kappa shape index (κ2) is 6.55. The summed E-state index contributed by atoms with van der Waals surface area (Å²) in [5, 5.41) is 0. The predicted molar refractivity (Wildman–Crippen MR) is 82.3 cm³/mol. The Kier molecular flexibility index (Phi) is 5.27. The molecule has 0 spiro atoms. The van der Waals surface area contributed by atoms with Crippen molar-refractivity contribution in [2.75, 3.05) is 33.7 Å². The molecule has 3 heteroatoms. The Balaban J connectivity index is 1.98. The number of nitrogens with zero attached hydrogens (tertiary/aromatic N) is 2. The van der Waals surface area contributed by atoms with E-state index in [2.05, 4.69) is 30.8 Å². The molecule has 2 unspecified atom stereocenters. The van der Waals surface area contributed by atoms with Crippen molar-refractivity contribution in [2.45, 2.75) is 63.5 Å². The maximum absolute atomic E-state index is 6.23. The summed E-state index contributed by atoms with van der Waals surface area (Å²) < 4.78 is 0. The first-order chi connectivity index (χ1) is 9.07. The minimum absolute atomic E-state index is 0.321. The first-order valence-electron chi connectivity index (χ1n) is 8.19. The standard InChI is InChI=1S/C16H33N3/c1-14-5-4-9-16(13-17,10-6-14)19-11-7-15(8-12-19)18(2)3/h14-15H,4-13,17H2,1-3H3. The highest BCUT2D eigenvalue weighted by Gasteiger charge is 2.38. The van der Waals surface area contributed by atoms with Crippen LogP contribution in [0.4, 0.5) is 0 Å². The topological polar surface area (TPSA) is 32.5 Å². The van der Waals surface area contributed by atoms with Crippen LogP contribution in [0.15, 0.2) is 0 Å². The Labute approximate surface area is 119 Å². The zero-order valence-electron chi connectivity index (χ0n) is 13.2. The van der Waals surface area contributed by atoms with Crippen LogP contribution >= 0.6 is 0 Å². The molecule has 1 saturated carbocycles. The second-order valence-electron chi connectivity index (χ2n) is 7.15. The lowest BCUT2D eigenvalue weighted by atomic mass is 9.85. The van der Waals surface area contributed by atoms with Crippen LogP contribution in [0.3, 0.4) is 0 Å². The van der Waals surface area contributed by atoms with Crippen molar-refractivity contribution < 1.29 is 0 Å². The fraction of sp³-hybridized carbons (Fsp3) is 1.00. The first kappa shape index (κ1) is 15.3. The molecule has 2 N–H and O–H groups in total. The van der Waals surface area contributed by atoms with Crippen molar-refractivity contribution in [2.24, 2.45) is 11.7 Å². The van der Waals surface area contributed by atoms with E-state index >= 15 is 0 Å². The molecule has 2 aliphatic rings. The number of piperidine rings is 1. The summed E-state index contributed by atoms with van der Waals surface area (Å²) in [5.41, 5.74) is 6.55. The monoisotopic (exact) mass is 267 g/mol. The maximum Gasteiger partial charge on any atom is 0.0331 e. The highest BCUT2D eigenvalue weighted by molar-refractivity contribution is 4.96. The average molecular weight is 267 g/mol. The van der Waals surface area contributed by atoms with E-state index in [1.165, 1.54) is 58.0 Å². The van der Waals surface area contributed by atoms with Crippen LogP contribution in [0.5, 0.6) is 0 Å². The van der Waals surface area contributed by atoms with Gasteiger partial charge in [0.05, 0.1) is 0 Å². The molecule has 0 aromatic rings. The summed E-state index contributed by atoms with van der Waals surface area (Å²) in [5.74, 6) is 0.896. The Morgan fingerprint density at radius 3 is 2.37 bits per heavy atom. The van der Waals surface area contributed by atoms with Gasteiger partial charge in [0.15, 0.2) is 0 Å². The van der Waals surface area contributed by atoms with Gasteiger partial charge < -0.3 is 10.6 Å². The highest BCUT2D eigenvalue weighted by Crippen LogP contribution is 2.36. The molecule has 0 aromatic carbocycles. The van der Waals surface area contributed by atoms with Crippen molar-refractivity contribution in [1.29, 1.82) is 0 Å². The van der Waals surface area contributed by atoms with Gasteiger partial charge in [-0.25, -0.2) is 0 Å². The number of hydrogen-bond donors (Lipinski definition) is 1. The van der Waals surface area contributed by atoms with E-state index in [0.29, 0.717) is 5.54 Å². The minimum Gasteiger partial charge on any atom is -0.329 e. The maximum atomic E-state index is 6.23. The van der Waals surface area contributed by atoms with Crippen LogP contribution in [0.1, 0.15) is 51.9 Å². The lowest BCUT2D eigenvalue weighted by Crippen LogP contribution is -2.57. The molecule has 1 aliphatic heterocycles. The molecule has 1 aliphatic carbocycles. The predicted octanol–water partition coefficient (Wildman–Crippen LogP) is 2.31. The largest absolute Gasteiger partial charge is 0.329 e. The first-order valence-corrected chi connectivity index (χ1v) is 8.19. The molecule has 0 aromatic heterocycles. The molecule has 0 bridgehead atoms. The van der Waals surface area contributed by atoms with Gasteiger partial charge in [0.2, 0.25) is 0 Å². The van der Waals surface area contributed by atoms with E-state index < -0.39 is 0 Å². The summed E-state index contributed by atoms with van der Waals surface area (Å²) in [7, 11) is 4.43. The minimum atomic E-state index is 0.321. The van der Waals surface area contributed by atoms with Gasteiger partial charge in [-0.1, -0.05) is 19.8 Å². The van der Waals surface area contributed by atoms with Gasteiger partial charge in [-0.2, -0.15) is 0 Å². The number of nitrogens with two attached hydrogens (primary N) is 1. The van der Waals surface area contributed by atoms with Crippen molar-refractivity contribution in [3.05, 3.63) is 0 Å². The van der Waals surface area contributed by atoms with Gasteiger partial charge in [0.1, 0.15) is 0 Å². The third-order valence-corrected chi connectivity index (χ3v) is 5.69. The van der Waals surface area contributed by atoms with Crippen molar-refractivity contribution in [3.8, 4) is 0 Å². The normalized spacial score (nSPS) is 35.5. The molecular weight excluding hydrogens is 234 g/mol. The summed E-state index contributed by atoms with van der Waals surface area (Å²) in [6.45, 7) is 5.75. The highest BCUT2D eigenvalue weighted by atomic mass is 15.2. The van der Waals surface area contributed by atoms with Crippen LogP contribution in [0, 0.1) is 5.92 Å². The zero-order valence-corrected chi connectivity index (χ0v) is 13.2. The molecule has 1 heterocycles. The third kappa shape index (κ3) is 3.50. The molecular formula is C16H33N3. The lowest BCUT2D eigenvalue weighted by molar-refractivity contribution is 0.0339.